The third-order valence-corrected chi connectivity index (χ3v) is 1.97. The largest absolute Gasteiger partial charge is 0.508 e. The van der Waals surface area contributed by atoms with Crippen molar-refractivity contribution >= 4 is 18.9 Å². The number of aromatic hydroxyl groups is 1. The number of hydrogen-bond acceptors (Lipinski definition) is 1. The van der Waals surface area contributed by atoms with Crippen LogP contribution < -0.4 is 0 Å². The molecule has 0 atom stereocenters. The van der Waals surface area contributed by atoms with Crippen LogP contribution in [0.25, 0.3) is 11.1 Å². The van der Waals surface area contributed by atoms with Gasteiger partial charge in [-0.25, -0.2) is 0 Å². The molecule has 0 aliphatic rings. The molecule has 0 saturated heterocycles. The Bertz CT molecular complexity index is 381. The molecule has 2 aromatic rings. The van der Waals surface area contributed by atoms with Crippen LogP contribution in [0, 0.1) is 0 Å². The van der Waals surface area contributed by atoms with E-state index in [1.54, 1.807) is 12.1 Å². The summed E-state index contributed by atoms with van der Waals surface area (Å²) in [5, 5.41) is 9.10. The van der Waals surface area contributed by atoms with Crippen molar-refractivity contribution in [3.8, 4) is 16.9 Å². The smallest absolute Gasteiger partial charge is 0.115 e. The van der Waals surface area contributed by atoms with Crippen LogP contribution in [0.4, 0.5) is 0 Å². The van der Waals surface area contributed by atoms with Crippen molar-refractivity contribution in [2.24, 2.45) is 0 Å². The van der Waals surface area contributed by atoms with Crippen LogP contribution in [-0.4, -0.2) is 24.0 Å². The molecule has 0 aromatic heterocycles. The van der Waals surface area contributed by atoms with Crippen LogP contribution in [0.2, 0.25) is 0 Å². The SMILES string of the molecule is Oc1ccc(-c2ccccc2)cc1.[Li]. The third-order valence-electron chi connectivity index (χ3n) is 1.97. The molecule has 0 fully saturated rings. The third kappa shape index (κ3) is 2.42. The van der Waals surface area contributed by atoms with E-state index in [-0.39, 0.29) is 18.9 Å². The maximum absolute atomic E-state index is 9.10. The second-order valence-electron chi connectivity index (χ2n) is 2.91. The first-order valence-corrected chi connectivity index (χ1v) is 4.21. The molecule has 0 aliphatic carbocycles. The summed E-state index contributed by atoms with van der Waals surface area (Å²) >= 11 is 0. The Morgan fingerprint density at radius 2 is 1.14 bits per heavy atom. The molecule has 1 radical (unpaired) electrons. The molecule has 2 rings (SSSR count). The van der Waals surface area contributed by atoms with Crippen molar-refractivity contribution in [2.75, 3.05) is 0 Å². The fraction of sp³-hybridized carbons (Fsp3) is 0. The van der Waals surface area contributed by atoms with Gasteiger partial charge in [0.25, 0.3) is 0 Å². The van der Waals surface area contributed by atoms with Crippen molar-refractivity contribution in [1.29, 1.82) is 0 Å². The minimum atomic E-state index is 0. The van der Waals surface area contributed by atoms with Gasteiger partial charge in [0.1, 0.15) is 5.75 Å². The van der Waals surface area contributed by atoms with E-state index < -0.39 is 0 Å². The average Bonchev–Trinajstić information content (AvgIpc) is 2.20. The van der Waals surface area contributed by atoms with E-state index >= 15 is 0 Å². The van der Waals surface area contributed by atoms with Crippen LogP contribution in [-0.2, 0) is 0 Å². The van der Waals surface area contributed by atoms with Crippen LogP contribution in [0.5, 0.6) is 5.75 Å². The van der Waals surface area contributed by atoms with E-state index in [2.05, 4.69) is 0 Å². The molecular formula is C12H10LiO. The van der Waals surface area contributed by atoms with E-state index in [4.69, 9.17) is 5.11 Å². The normalized spacial score (nSPS) is 9.14. The van der Waals surface area contributed by atoms with Gasteiger partial charge in [-0.15, -0.1) is 0 Å². The van der Waals surface area contributed by atoms with Crippen molar-refractivity contribution in [3.05, 3.63) is 54.6 Å². The molecule has 2 heteroatoms. The summed E-state index contributed by atoms with van der Waals surface area (Å²) in [5.41, 5.74) is 2.29. The molecule has 0 bridgehead atoms. The second-order valence-corrected chi connectivity index (χ2v) is 2.91. The van der Waals surface area contributed by atoms with E-state index in [0.29, 0.717) is 5.75 Å². The van der Waals surface area contributed by atoms with Crippen LogP contribution in [0.1, 0.15) is 0 Å². The van der Waals surface area contributed by atoms with Crippen LogP contribution >= 0.6 is 0 Å². The first-order chi connectivity index (χ1) is 6.36. The summed E-state index contributed by atoms with van der Waals surface area (Å²) < 4.78 is 0. The number of benzene rings is 2. The second kappa shape index (κ2) is 4.90. The summed E-state index contributed by atoms with van der Waals surface area (Å²) in [6.45, 7) is 0. The number of phenolic OH excluding ortho intramolecular Hbond substituents is 1. The topological polar surface area (TPSA) is 20.2 Å². The first kappa shape index (κ1) is 10.9. The maximum Gasteiger partial charge on any atom is 0.115 e. The molecule has 0 spiro atoms. The van der Waals surface area contributed by atoms with Gasteiger partial charge in [-0.3, -0.25) is 0 Å². The average molecular weight is 177 g/mol. The fourth-order valence-electron chi connectivity index (χ4n) is 1.28. The Kier molecular flexibility index (Phi) is 3.82. The zero-order valence-electron chi connectivity index (χ0n) is 8.14. The number of hydrogen-bond donors (Lipinski definition) is 1. The Morgan fingerprint density at radius 3 is 1.71 bits per heavy atom. The van der Waals surface area contributed by atoms with Gasteiger partial charge in [-0.2, -0.15) is 0 Å². The zero-order valence-corrected chi connectivity index (χ0v) is 8.14. The molecule has 0 aliphatic heterocycles. The monoisotopic (exact) mass is 177 g/mol. The van der Waals surface area contributed by atoms with Crippen molar-refractivity contribution in [2.45, 2.75) is 0 Å². The van der Waals surface area contributed by atoms with Crippen LogP contribution in [0.3, 0.4) is 0 Å². The molecule has 65 valence electrons. The first-order valence-electron chi connectivity index (χ1n) is 4.21. The van der Waals surface area contributed by atoms with Crippen LogP contribution in [0.15, 0.2) is 54.6 Å². The minimum absolute atomic E-state index is 0. The van der Waals surface area contributed by atoms with E-state index in [9.17, 15) is 0 Å². The fourth-order valence-corrected chi connectivity index (χ4v) is 1.28. The maximum atomic E-state index is 9.10. The van der Waals surface area contributed by atoms with Gasteiger partial charge in [0.15, 0.2) is 0 Å². The van der Waals surface area contributed by atoms with E-state index in [0.717, 1.165) is 5.56 Å². The summed E-state index contributed by atoms with van der Waals surface area (Å²) in [4.78, 5) is 0. The Hall–Kier alpha value is -1.16. The molecule has 0 heterocycles. The van der Waals surface area contributed by atoms with Gasteiger partial charge < -0.3 is 5.11 Å². The zero-order chi connectivity index (χ0) is 9.10. The van der Waals surface area contributed by atoms with Gasteiger partial charge in [0, 0.05) is 18.9 Å². The Balaban J connectivity index is 0.000000980. The van der Waals surface area contributed by atoms with E-state index in [1.807, 2.05) is 42.5 Å². The van der Waals surface area contributed by atoms with Crippen molar-refractivity contribution in [3.63, 3.8) is 0 Å². The van der Waals surface area contributed by atoms with E-state index in [1.165, 1.54) is 5.56 Å². The molecule has 0 saturated carbocycles. The van der Waals surface area contributed by atoms with Gasteiger partial charge >= 0.3 is 0 Å². The molecule has 1 N–H and O–H groups in total. The van der Waals surface area contributed by atoms with Gasteiger partial charge in [0.2, 0.25) is 0 Å². The molecular weight excluding hydrogens is 167 g/mol. The summed E-state index contributed by atoms with van der Waals surface area (Å²) in [7, 11) is 0. The summed E-state index contributed by atoms with van der Waals surface area (Å²) in [5.74, 6) is 0.305. The van der Waals surface area contributed by atoms with Crippen molar-refractivity contribution < 1.29 is 5.11 Å². The number of phenols is 1. The number of rotatable bonds is 1. The predicted octanol–water partition coefficient (Wildman–Crippen LogP) is 2.68. The molecule has 1 nitrogen and oxygen atoms in total. The van der Waals surface area contributed by atoms with Gasteiger partial charge in [-0.1, -0.05) is 42.5 Å². The van der Waals surface area contributed by atoms with Gasteiger partial charge in [-0.05, 0) is 23.3 Å². The molecule has 0 unspecified atom stereocenters. The Labute approximate surface area is 95.6 Å². The molecule has 2 aromatic carbocycles. The standard InChI is InChI=1S/C12H10O.Li/c13-12-8-6-11(7-9-12)10-4-2-1-3-5-10;/h1-9,13H;. The summed E-state index contributed by atoms with van der Waals surface area (Å²) in [6.07, 6.45) is 0. The minimum Gasteiger partial charge on any atom is -0.508 e. The Morgan fingerprint density at radius 1 is 0.643 bits per heavy atom. The molecule has 0 amide bonds. The van der Waals surface area contributed by atoms with Gasteiger partial charge in [0.05, 0.1) is 0 Å². The molecule has 14 heavy (non-hydrogen) atoms. The van der Waals surface area contributed by atoms with Crippen molar-refractivity contribution in [1.82, 2.24) is 0 Å². The summed E-state index contributed by atoms with van der Waals surface area (Å²) in [6, 6.07) is 17.3. The predicted molar refractivity (Wildman–Crippen MR) is 59.3 cm³/mol. The quantitative estimate of drug-likeness (QED) is 0.664.